The standard InChI is InChI=1S/C20H24N2O4S/c1-14-10-16(3)18(11-15(14)2)19(23)13-21-12-17(6-7-20(21)24)27(25,26)22-8-4-5-9-22/h6-7,10-12H,4-5,8-9,13H2,1-3H3. The van der Waals surface area contributed by atoms with Crippen molar-refractivity contribution in [3.05, 3.63) is 63.1 Å². The zero-order valence-electron chi connectivity index (χ0n) is 15.9. The van der Waals surface area contributed by atoms with Crippen LogP contribution in [0.15, 0.2) is 40.2 Å². The first-order valence-electron chi connectivity index (χ1n) is 9.02. The molecule has 0 spiro atoms. The van der Waals surface area contributed by atoms with Crippen molar-refractivity contribution in [2.24, 2.45) is 0 Å². The summed E-state index contributed by atoms with van der Waals surface area (Å²) in [6.45, 7) is 6.56. The van der Waals surface area contributed by atoms with Crippen molar-refractivity contribution in [2.45, 2.75) is 45.1 Å². The van der Waals surface area contributed by atoms with Crippen LogP contribution in [0.3, 0.4) is 0 Å². The van der Waals surface area contributed by atoms with Gasteiger partial charge in [0.2, 0.25) is 10.0 Å². The highest BCUT2D eigenvalue weighted by Gasteiger charge is 2.27. The molecule has 1 fully saturated rings. The molecule has 144 valence electrons. The molecule has 3 rings (SSSR count). The van der Waals surface area contributed by atoms with Crippen molar-refractivity contribution in [1.82, 2.24) is 8.87 Å². The number of Topliss-reactive ketones (excluding diaryl/α,β-unsaturated/α-hetero) is 1. The van der Waals surface area contributed by atoms with Gasteiger partial charge in [-0.25, -0.2) is 8.42 Å². The highest BCUT2D eigenvalue weighted by molar-refractivity contribution is 7.89. The van der Waals surface area contributed by atoms with Gasteiger partial charge in [-0.15, -0.1) is 0 Å². The van der Waals surface area contributed by atoms with Crippen molar-refractivity contribution in [3.8, 4) is 0 Å². The molecule has 1 aliphatic heterocycles. The summed E-state index contributed by atoms with van der Waals surface area (Å²) in [6.07, 6.45) is 2.96. The quantitative estimate of drug-likeness (QED) is 0.737. The third kappa shape index (κ3) is 3.89. The molecule has 27 heavy (non-hydrogen) atoms. The Morgan fingerprint density at radius 3 is 2.30 bits per heavy atom. The van der Waals surface area contributed by atoms with Crippen molar-refractivity contribution < 1.29 is 13.2 Å². The number of pyridine rings is 1. The number of rotatable bonds is 5. The van der Waals surface area contributed by atoms with Gasteiger partial charge in [0.1, 0.15) is 0 Å². The van der Waals surface area contributed by atoms with E-state index >= 15 is 0 Å². The van der Waals surface area contributed by atoms with Crippen LogP contribution in [0.1, 0.15) is 39.9 Å². The molecule has 0 bridgehead atoms. The maximum Gasteiger partial charge on any atom is 0.251 e. The molecule has 1 aromatic heterocycles. The van der Waals surface area contributed by atoms with Gasteiger partial charge in [-0.3, -0.25) is 9.59 Å². The number of nitrogens with zero attached hydrogens (tertiary/aromatic N) is 2. The predicted molar refractivity (Wildman–Crippen MR) is 104 cm³/mol. The smallest absolute Gasteiger partial charge is 0.251 e. The Hall–Kier alpha value is -2.25. The molecule has 0 radical (unpaired) electrons. The Morgan fingerprint density at radius 1 is 1.00 bits per heavy atom. The molecule has 0 saturated carbocycles. The summed E-state index contributed by atoms with van der Waals surface area (Å²) in [6, 6.07) is 6.30. The second-order valence-electron chi connectivity index (χ2n) is 7.12. The van der Waals surface area contributed by atoms with Crippen molar-refractivity contribution in [3.63, 3.8) is 0 Å². The molecular formula is C20H24N2O4S. The number of aryl methyl sites for hydroxylation is 3. The number of hydrogen-bond acceptors (Lipinski definition) is 4. The first kappa shape index (κ1) is 19.5. The van der Waals surface area contributed by atoms with Crippen LogP contribution in [-0.4, -0.2) is 36.2 Å². The second-order valence-corrected chi connectivity index (χ2v) is 9.05. The van der Waals surface area contributed by atoms with Gasteiger partial charge in [-0.2, -0.15) is 4.31 Å². The normalized spacial score (nSPS) is 15.2. The van der Waals surface area contributed by atoms with Gasteiger partial charge in [-0.1, -0.05) is 6.07 Å². The minimum Gasteiger partial charge on any atom is -0.306 e. The summed E-state index contributed by atoms with van der Waals surface area (Å²) in [5, 5.41) is 0. The highest BCUT2D eigenvalue weighted by Crippen LogP contribution is 2.20. The third-order valence-corrected chi connectivity index (χ3v) is 7.00. The molecule has 0 N–H and O–H groups in total. The zero-order valence-corrected chi connectivity index (χ0v) is 16.7. The highest BCUT2D eigenvalue weighted by atomic mass is 32.2. The van der Waals surface area contributed by atoms with E-state index in [-0.39, 0.29) is 17.2 Å². The number of ketones is 1. The maximum atomic E-state index is 12.7. The summed E-state index contributed by atoms with van der Waals surface area (Å²) in [5.41, 5.74) is 3.10. The van der Waals surface area contributed by atoms with Gasteiger partial charge in [0, 0.05) is 30.9 Å². The molecule has 0 atom stereocenters. The van der Waals surface area contributed by atoms with E-state index < -0.39 is 15.6 Å². The second kappa shape index (κ2) is 7.40. The summed E-state index contributed by atoms with van der Waals surface area (Å²) in [4.78, 5) is 25.0. The lowest BCUT2D eigenvalue weighted by atomic mass is 9.98. The molecule has 2 aromatic rings. The predicted octanol–water partition coefficient (Wildman–Crippen LogP) is 2.44. The van der Waals surface area contributed by atoms with Crippen LogP contribution in [0.4, 0.5) is 0 Å². The van der Waals surface area contributed by atoms with Crippen molar-refractivity contribution >= 4 is 15.8 Å². The van der Waals surface area contributed by atoms with Gasteiger partial charge < -0.3 is 4.57 Å². The van der Waals surface area contributed by atoms with E-state index in [1.54, 1.807) is 0 Å². The van der Waals surface area contributed by atoms with Crippen LogP contribution in [0.5, 0.6) is 0 Å². The summed E-state index contributed by atoms with van der Waals surface area (Å²) < 4.78 is 28.0. The Morgan fingerprint density at radius 2 is 1.63 bits per heavy atom. The van der Waals surface area contributed by atoms with E-state index in [1.165, 1.54) is 27.2 Å². The van der Waals surface area contributed by atoms with Crippen LogP contribution in [0.2, 0.25) is 0 Å². The van der Waals surface area contributed by atoms with Crippen LogP contribution in [0, 0.1) is 20.8 Å². The van der Waals surface area contributed by atoms with Gasteiger partial charge in [-0.05, 0) is 62.4 Å². The Labute approximate surface area is 159 Å². The topological polar surface area (TPSA) is 76.5 Å². The van der Waals surface area contributed by atoms with Crippen LogP contribution >= 0.6 is 0 Å². The van der Waals surface area contributed by atoms with Crippen LogP contribution in [-0.2, 0) is 16.6 Å². The SMILES string of the molecule is Cc1cc(C)c(C(=O)Cn2cc(S(=O)(=O)N3CCCC3)ccc2=O)cc1C. The molecule has 0 unspecified atom stereocenters. The molecule has 6 nitrogen and oxygen atoms in total. The molecular weight excluding hydrogens is 364 g/mol. The zero-order chi connectivity index (χ0) is 19.8. The van der Waals surface area contributed by atoms with Gasteiger partial charge >= 0.3 is 0 Å². The average Bonchev–Trinajstić information content (AvgIpc) is 3.15. The van der Waals surface area contributed by atoms with Crippen molar-refractivity contribution in [1.29, 1.82) is 0 Å². The molecule has 1 aromatic carbocycles. The molecule has 1 aliphatic rings. The van der Waals surface area contributed by atoms with E-state index in [4.69, 9.17) is 0 Å². The number of carbonyl (C=O) groups excluding carboxylic acids is 1. The van der Waals surface area contributed by atoms with E-state index in [0.717, 1.165) is 29.5 Å². The summed E-state index contributed by atoms with van der Waals surface area (Å²) >= 11 is 0. The minimum atomic E-state index is -3.64. The Balaban J connectivity index is 1.93. The van der Waals surface area contributed by atoms with Gasteiger partial charge in [0.25, 0.3) is 5.56 Å². The molecule has 2 heterocycles. The molecule has 0 aliphatic carbocycles. The van der Waals surface area contributed by atoms with Gasteiger partial charge in [0.05, 0.1) is 11.4 Å². The molecule has 0 amide bonds. The number of sulfonamides is 1. The third-order valence-electron chi connectivity index (χ3n) is 5.11. The lowest BCUT2D eigenvalue weighted by molar-refractivity contribution is 0.0970. The first-order valence-corrected chi connectivity index (χ1v) is 10.5. The van der Waals surface area contributed by atoms with E-state index in [1.807, 2.05) is 32.9 Å². The van der Waals surface area contributed by atoms with Gasteiger partial charge in [0.15, 0.2) is 5.78 Å². The lowest BCUT2D eigenvalue weighted by Gasteiger charge is -2.16. The Kier molecular flexibility index (Phi) is 5.35. The summed E-state index contributed by atoms with van der Waals surface area (Å²) in [5.74, 6) is -0.214. The minimum absolute atomic E-state index is 0.0496. The molecule has 1 saturated heterocycles. The fourth-order valence-electron chi connectivity index (χ4n) is 3.36. The average molecular weight is 388 g/mol. The number of hydrogen-bond donors (Lipinski definition) is 0. The fraction of sp³-hybridized carbons (Fsp3) is 0.400. The number of carbonyl (C=O) groups is 1. The first-order chi connectivity index (χ1) is 12.7. The van der Waals surface area contributed by atoms with Crippen molar-refractivity contribution in [2.75, 3.05) is 13.1 Å². The summed E-state index contributed by atoms with van der Waals surface area (Å²) in [7, 11) is -3.64. The molecule has 7 heteroatoms. The maximum absolute atomic E-state index is 12.7. The number of benzene rings is 1. The Bertz CT molecular complexity index is 1050. The van der Waals surface area contributed by atoms with E-state index in [9.17, 15) is 18.0 Å². The largest absolute Gasteiger partial charge is 0.306 e. The number of aromatic nitrogens is 1. The van der Waals surface area contributed by atoms with E-state index in [2.05, 4.69) is 0 Å². The van der Waals surface area contributed by atoms with Crippen LogP contribution < -0.4 is 5.56 Å². The monoisotopic (exact) mass is 388 g/mol. The fourth-order valence-corrected chi connectivity index (χ4v) is 4.90. The van der Waals surface area contributed by atoms with E-state index in [0.29, 0.717) is 18.7 Å². The van der Waals surface area contributed by atoms with Crippen LogP contribution in [0.25, 0.3) is 0 Å². The lowest BCUT2D eigenvalue weighted by Crippen LogP contribution is -2.30.